The molecular formula is C65H39NO. The van der Waals surface area contributed by atoms with Crippen molar-refractivity contribution in [2.24, 2.45) is 0 Å². The first-order chi connectivity index (χ1) is 33.2. The second-order valence-corrected chi connectivity index (χ2v) is 18.3. The summed E-state index contributed by atoms with van der Waals surface area (Å²) in [6, 6.07) is 88.0. The smallest absolute Gasteiger partial charge is 0.135 e. The number of para-hydroxylation sites is 1. The van der Waals surface area contributed by atoms with Gasteiger partial charge in [-0.2, -0.15) is 0 Å². The number of rotatable bonds is 4. The van der Waals surface area contributed by atoms with Gasteiger partial charge in [-0.25, -0.2) is 0 Å². The molecule has 0 N–H and O–H groups in total. The van der Waals surface area contributed by atoms with Crippen LogP contribution in [-0.2, 0) is 5.41 Å². The lowest BCUT2D eigenvalue weighted by atomic mass is 9.70. The zero-order valence-electron chi connectivity index (χ0n) is 36.4. The number of fused-ring (bicyclic) bond motifs is 20. The van der Waals surface area contributed by atoms with Crippen molar-refractivity contribution in [1.29, 1.82) is 0 Å². The minimum atomic E-state index is -0.528. The molecule has 2 aliphatic carbocycles. The van der Waals surface area contributed by atoms with Crippen LogP contribution >= 0.6 is 0 Å². The topological polar surface area (TPSA) is 16.4 Å². The molecule has 2 aliphatic rings. The Labute approximate surface area is 387 Å². The van der Waals surface area contributed by atoms with Crippen molar-refractivity contribution in [2.75, 3.05) is 4.90 Å². The molecule has 0 radical (unpaired) electrons. The molecule has 12 aromatic carbocycles. The van der Waals surface area contributed by atoms with Gasteiger partial charge in [-0.1, -0.05) is 188 Å². The van der Waals surface area contributed by atoms with Gasteiger partial charge in [0, 0.05) is 27.4 Å². The number of anilines is 3. The van der Waals surface area contributed by atoms with E-state index >= 15 is 0 Å². The van der Waals surface area contributed by atoms with Crippen LogP contribution in [-0.4, -0.2) is 0 Å². The molecule has 0 saturated heterocycles. The lowest BCUT2D eigenvalue weighted by Crippen LogP contribution is -2.26. The average Bonchev–Trinajstić information content (AvgIpc) is 4.02. The van der Waals surface area contributed by atoms with Crippen LogP contribution in [0.4, 0.5) is 17.1 Å². The fourth-order valence-corrected chi connectivity index (χ4v) is 12.3. The van der Waals surface area contributed by atoms with Gasteiger partial charge in [-0.05, 0) is 136 Å². The third-order valence-corrected chi connectivity index (χ3v) is 15.0. The molecule has 2 nitrogen and oxygen atoms in total. The molecule has 67 heavy (non-hydrogen) atoms. The van der Waals surface area contributed by atoms with E-state index in [4.69, 9.17) is 4.42 Å². The molecule has 0 saturated carbocycles. The van der Waals surface area contributed by atoms with Gasteiger partial charge in [0.1, 0.15) is 11.2 Å². The average molecular weight is 850 g/mol. The van der Waals surface area contributed by atoms with Crippen molar-refractivity contribution < 1.29 is 4.42 Å². The summed E-state index contributed by atoms with van der Waals surface area (Å²) in [6.07, 6.45) is 0. The third kappa shape index (κ3) is 4.94. The van der Waals surface area contributed by atoms with Crippen LogP contribution < -0.4 is 4.90 Å². The van der Waals surface area contributed by atoms with Crippen LogP contribution in [0.2, 0.25) is 0 Å². The van der Waals surface area contributed by atoms with Crippen LogP contribution in [0.15, 0.2) is 241 Å². The van der Waals surface area contributed by atoms with Crippen LogP contribution in [0, 0.1) is 0 Å². The van der Waals surface area contributed by atoms with Crippen molar-refractivity contribution in [1.82, 2.24) is 0 Å². The van der Waals surface area contributed by atoms with Gasteiger partial charge in [0.25, 0.3) is 0 Å². The van der Waals surface area contributed by atoms with E-state index < -0.39 is 5.41 Å². The van der Waals surface area contributed by atoms with Gasteiger partial charge >= 0.3 is 0 Å². The maximum atomic E-state index is 6.45. The lowest BCUT2D eigenvalue weighted by Gasteiger charge is -2.34. The van der Waals surface area contributed by atoms with Crippen LogP contribution in [0.3, 0.4) is 0 Å². The van der Waals surface area contributed by atoms with Crippen LogP contribution in [0.5, 0.6) is 0 Å². The fraction of sp³-hybridized carbons (Fsp3) is 0.0154. The highest BCUT2D eigenvalue weighted by Gasteiger charge is 2.52. The molecule has 0 atom stereocenters. The predicted molar refractivity (Wildman–Crippen MR) is 280 cm³/mol. The van der Waals surface area contributed by atoms with Gasteiger partial charge in [-0.3, -0.25) is 0 Å². The standard InChI is InChI=1S/C65H39NO/c1-2-18-43-40(16-1)17-15-30-61(43)66(42-33-34-48-46-21-4-3-19-44(46)45-20-5-6-22-47(45)54(48)37-42)62-39-60-55(38-53(62)41-32-35-64-56(36-41)52-26-10-14-31-63(52)67-64)51-25-9-13-29-59(51)65(60)57-27-11-7-23-49(57)50-24-8-12-28-58(50)65/h1-39H. The van der Waals surface area contributed by atoms with Gasteiger partial charge in [0.2, 0.25) is 0 Å². The molecule has 0 fully saturated rings. The van der Waals surface area contributed by atoms with E-state index in [-0.39, 0.29) is 0 Å². The quantitative estimate of drug-likeness (QED) is 0.164. The first kappa shape index (κ1) is 36.6. The normalized spacial score (nSPS) is 13.2. The molecule has 1 heterocycles. The Kier molecular flexibility index (Phi) is 7.46. The fourth-order valence-electron chi connectivity index (χ4n) is 12.3. The molecule has 2 heteroatoms. The van der Waals surface area contributed by atoms with Gasteiger partial charge in [-0.15, -0.1) is 0 Å². The summed E-state index contributed by atoms with van der Waals surface area (Å²) in [7, 11) is 0. The second-order valence-electron chi connectivity index (χ2n) is 18.3. The molecule has 0 amide bonds. The molecule has 1 aromatic heterocycles. The van der Waals surface area contributed by atoms with Gasteiger partial charge < -0.3 is 9.32 Å². The molecule has 0 bridgehead atoms. The van der Waals surface area contributed by atoms with E-state index in [9.17, 15) is 0 Å². The zero-order valence-corrected chi connectivity index (χ0v) is 36.4. The van der Waals surface area contributed by atoms with Crippen molar-refractivity contribution in [3.63, 3.8) is 0 Å². The summed E-state index contributed by atoms with van der Waals surface area (Å²) < 4.78 is 6.45. The molecule has 15 rings (SSSR count). The van der Waals surface area contributed by atoms with Crippen LogP contribution in [0.25, 0.3) is 98.4 Å². The molecule has 0 unspecified atom stereocenters. The highest BCUT2D eigenvalue weighted by Crippen LogP contribution is 2.64. The SMILES string of the molecule is c1ccc2c(c1)-c1ccccc1C21c2ccccc2-c2cc(-c3ccc4oc5ccccc5c4c3)c(N(c3ccc4c5ccccc5c5ccccc5c4c3)c3cccc4ccccc34)cc21. The molecule has 13 aromatic rings. The number of benzene rings is 12. The maximum absolute atomic E-state index is 6.45. The molecule has 0 aliphatic heterocycles. The van der Waals surface area contributed by atoms with Crippen molar-refractivity contribution in [3.8, 4) is 33.4 Å². The Bertz CT molecular complexity index is 4160. The predicted octanol–water partition coefficient (Wildman–Crippen LogP) is 17.7. The molecule has 1 spiro atoms. The van der Waals surface area contributed by atoms with Crippen molar-refractivity contribution in [3.05, 3.63) is 259 Å². The Morgan fingerprint density at radius 2 is 0.806 bits per heavy atom. The minimum absolute atomic E-state index is 0.528. The number of hydrogen-bond donors (Lipinski definition) is 0. The molecular weight excluding hydrogens is 811 g/mol. The summed E-state index contributed by atoms with van der Waals surface area (Å²) in [6.45, 7) is 0. The van der Waals surface area contributed by atoms with Crippen molar-refractivity contribution >= 4 is 82.1 Å². The number of nitrogens with zero attached hydrogens (tertiary/aromatic N) is 1. The summed E-state index contributed by atoms with van der Waals surface area (Å²) in [5.41, 5.74) is 17.2. The first-order valence-corrected chi connectivity index (χ1v) is 23.2. The van der Waals surface area contributed by atoms with E-state index in [0.29, 0.717) is 0 Å². The summed E-state index contributed by atoms with van der Waals surface area (Å²) in [5, 5.41) is 12.1. The van der Waals surface area contributed by atoms with E-state index in [2.05, 4.69) is 241 Å². The third-order valence-electron chi connectivity index (χ3n) is 15.0. The lowest BCUT2D eigenvalue weighted by molar-refractivity contribution is 0.669. The van der Waals surface area contributed by atoms with E-state index in [1.54, 1.807) is 0 Å². The minimum Gasteiger partial charge on any atom is -0.456 e. The van der Waals surface area contributed by atoms with E-state index in [1.165, 1.54) is 87.6 Å². The molecule has 310 valence electrons. The number of furan rings is 1. The maximum Gasteiger partial charge on any atom is 0.135 e. The first-order valence-electron chi connectivity index (χ1n) is 23.2. The van der Waals surface area contributed by atoms with E-state index in [1.807, 2.05) is 0 Å². The Morgan fingerprint density at radius 3 is 1.49 bits per heavy atom. The van der Waals surface area contributed by atoms with Crippen LogP contribution in [0.1, 0.15) is 22.3 Å². The van der Waals surface area contributed by atoms with Gasteiger partial charge in [0.15, 0.2) is 0 Å². The Morgan fingerprint density at radius 1 is 0.284 bits per heavy atom. The second kappa shape index (κ2) is 13.7. The monoisotopic (exact) mass is 849 g/mol. The number of hydrogen-bond acceptors (Lipinski definition) is 2. The zero-order chi connectivity index (χ0) is 43.8. The summed E-state index contributed by atoms with van der Waals surface area (Å²) >= 11 is 0. The highest BCUT2D eigenvalue weighted by molar-refractivity contribution is 6.26. The largest absolute Gasteiger partial charge is 0.456 e. The highest BCUT2D eigenvalue weighted by atomic mass is 16.3. The van der Waals surface area contributed by atoms with Gasteiger partial charge in [0.05, 0.1) is 16.8 Å². The van der Waals surface area contributed by atoms with Crippen molar-refractivity contribution in [2.45, 2.75) is 5.41 Å². The van der Waals surface area contributed by atoms with E-state index in [0.717, 1.165) is 50.1 Å². The Hall–Kier alpha value is -8.72. The Balaban J connectivity index is 1.11. The summed E-state index contributed by atoms with van der Waals surface area (Å²) in [4.78, 5) is 2.56. The summed E-state index contributed by atoms with van der Waals surface area (Å²) in [5.74, 6) is 0.